The van der Waals surface area contributed by atoms with Gasteiger partial charge >= 0.3 is 0 Å². The summed E-state index contributed by atoms with van der Waals surface area (Å²) < 4.78 is 1.95. The summed E-state index contributed by atoms with van der Waals surface area (Å²) in [6.45, 7) is 4.60. The molecule has 0 fully saturated rings. The van der Waals surface area contributed by atoms with Crippen LogP contribution in [0, 0.1) is 11.8 Å². The molecule has 3 heterocycles. The third-order valence-corrected chi connectivity index (χ3v) is 4.81. The lowest BCUT2D eigenvalue weighted by Gasteiger charge is -2.33. The lowest BCUT2D eigenvalue weighted by atomic mass is 10.0. The van der Waals surface area contributed by atoms with Crippen molar-refractivity contribution in [3.8, 4) is 11.8 Å². The summed E-state index contributed by atoms with van der Waals surface area (Å²) in [4.78, 5) is 13.6. The maximum atomic E-state index is 4.70. The van der Waals surface area contributed by atoms with Crippen LogP contribution in [-0.2, 0) is 13.6 Å². The average molecular weight is 345 g/mol. The second-order valence-electron chi connectivity index (χ2n) is 6.81. The third-order valence-electron chi connectivity index (χ3n) is 4.81. The normalized spacial score (nSPS) is 17.0. The van der Waals surface area contributed by atoms with Crippen LogP contribution in [0.3, 0.4) is 0 Å². The van der Waals surface area contributed by atoms with Gasteiger partial charge in [-0.25, -0.2) is 9.98 Å². The fourth-order valence-electron chi connectivity index (χ4n) is 3.38. The topological polar surface area (TPSA) is 36.7 Å². The second kappa shape index (κ2) is 7.59. The Morgan fingerprint density at radius 3 is 2.85 bits per heavy atom. The summed E-state index contributed by atoms with van der Waals surface area (Å²) >= 11 is 0. The van der Waals surface area contributed by atoms with Gasteiger partial charge in [-0.1, -0.05) is 36.3 Å². The van der Waals surface area contributed by atoms with Crippen molar-refractivity contribution in [3.05, 3.63) is 65.4 Å². The van der Waals surface area contributed by atoms with Crippen molar-refractivity contribution < 1.29 is 0 Å². The Balaban J connectivity index is 1.35. The highest BCUT2D eigenvalue weighted by atomic mass is 15.2. The van der Waals surface area contributed by atoms with E-state index in [1.807, 2.05) is 24.2 Å². The van der Waals surface area contributed by atoms with E-state index >= 15 is 0 Å². The van der Waals surface area contributed by atoms with E-state index in [0.29, 0.717) is 0 Å². The molecule has 5 heteroatoms. The summed E-state index contributed by atoms with van der Waals surface area (Å²) in [6, 6.07) is 10.6. The smallest absolute Gasteiger partial charge is 0.185 e. The largest absolute Gasteiger partial charge is 0.354 e. The molecule has 0 bridgehead atoms. The third kappa shape index (κ3) is 3.87. The fraction of sp³-hybridized carbons (Fsp3) is 0.333. The van der Waals surface area contributed by atoms with Crippen molar-refractivity contribution >= 4 is 6.34 Å². The van der Waals surface area contributed by atoms with Gasteiger partial charge in [0.15, 0.2) is 5.82 Å². The molecule has 4 rings (SSSR count). The van der Waals surface area contributed by atoms with Crippen LogP contribution in [0.25, 0.3) is 0 Å². The number of hydrogen-bond acceptors (Lipinski definition) is 4. The van der Waals surface area contributed by atoms with E-state index in [0.717, 1.165) is 45.0 Å². The van der Waals surface area contributed by atoms with Crippen LogP contribution in [0.1, 0.15) is 17.8 Å². The molecule has 5 nitrogen and oxygen atoms in total. The highest BCUT2D eigenvalue weighted by Crippen LogP contribution is 2.23. The standard InChI is InChI=1S/C21H23N5/c1-24-13-10-22-21(24)8-5-11-25-12-9-20-19(15-25)16-26(17-23-20)14-18-6-3-2-4-7-18/h2-4,6-7,10,13,17H,9,11-12,14-16H2,1H3. The van der Waals surface area contributed by atoms with Crippen molar-refractivity contribution in [2.45, 2.75) is 13.0 Å². The molecule has 0 saturated heterocycles. The Hall–Kier alpha value is -2.84. The highest BCUT2D eigenvalue weighted by molar-refractivity contribution is 5.60. The van der Waals surface area contributed by atoms with Gasteiger partial charge in [0.1, 0.15) is 0 Å². The summed E-state index contributed by atoms with van der Waals surface area (Å²) in [5.41, 5.74) is 4.01. The molecule has 0 spiro atoms. The van der Waals surface area contributed by atoms with Crippen LogP contribution in [0.5, 0.6) is 0 Å². The maximum absolute atomic E-state index is 4.70. The number of benzene rings is 1. The van der Waals surface area contributed by atoms with E-state index in [1.54, 1.807) is 6.20 Å². The van der Waals surface area contributed by atoms with E-state index in [9.17, 15) is 0 Å². The quantitative estimate of drug-likeness (QED) is 0.801. The predicted molar refractivity (Wildman–Crippen MR) is 104 cm³/mol. The summed E-state index contributed by atoms with van der Waals surface area (Å²) in [6.07, 6.45) is 6.71. The zero-order valence-corrected chi connectivity index (χ0v) is 15.1. The molecular formula is C21H23N5. The van der Waals surface area contributed by atoms with E-state index in [4.69, 9.17) is 4.99 Å². The first-order chi connectivity index (χ1) is 12.8. The first-order valence-electron chi connectivity index (χ1n) is 8.99. The second-order valence-corrected chi connectivity index (χ2v) is 6.81. The molecule has 0 saturated carbocycles. The number of aliphatic imine (C=N–C) groups is 1. The van der Waals surface area contributed by atoms with Crippen LogP contribution in [0.2, 0.25) is 0 Å². The molecule has 0 unspecified atom stereocenters. The molecule has 132 valence electrons. The van der Waals surface area contributed by atoms with Crippen LogP contribution in [0.15, 0.2) is 59.0 Å². The number of rotatable bonds is 3. The molecule has 1 aromatic heterocycles. The molecular weight excluding hydrogens is 322 g/mol. The van der Waals surface area contributed by atoms with Gasteiger partial charge in [0, 0.05) is 57.7 Å². The average Bonchev–Trinajstić information content (AvgIpc) is 3.07. The first-order valence-corrected chi connectivity index (χ1v) is 8.99. The van der Waals surface area contributed by atoms with Crippen LogP contribution in [0.4, 0.5) is 0 Å². The molecule has 0 aliphatic carbocycles. The Labute approximate surface area is 154 Å². The monoisotopic (exact) mass is 345 g/mol. The maximum Gasteiger partial charge on any atom is 0.185 e. The lowest BCUT2D eigenvalue weighted by Crippen LogP contribution is -2.38. The first kappa shape index (κ1) is 16.6. The van der Waals surface area contributed by atoms with Crippen LogP contribution in [-0.4, -0.2) is 51.9 Å². The van der Waals surface area contributed by atoms with Gasteiger partial charge in [-0.3, -0.25) is 4.90 Å². The van der Waals surface area contributed by atoms with Crippen molar-refractivity contribution in [1.82, 2.24) is 19.4 Å². The minimum Gasteiger partial charge on any atom is -0.354 e. The van der Waals surface area contributed by atoms with Gasteiger partial charge in [-0.15, -0.1) is 0 Å². The number of aryl methyl sites for hydroxylation is 1. The molecule has 0 N–H and O–H groups in total. The van der Waals surface area contributed by atoms with Crippen molar-refractivity contribution in [1.29, 1.82) is 0 Å². The minimum atomic E-state index is 0.770. The fourth-order valence-corrected chi connectivity index (χ4v) is 3.38. The van der Waals surface area contributed by atoms with Gasteiger partial charge in [-0.05, 0) is 17.1 Å². The zero-order chi connectivity index (χ0) is 17.8. The molecule has 0 radical (unpaired) electrons. The van der Waals surface area contributed by atoms with E-state index in [2.05, 4.69) is 57.0 Å². The lowest BCUT2D eigenvalue weighted by molar-refractivity contribution is 0.300. The number of imidazole rings is 1. The van der Waals surface area contributed by atoms with E-state index in [-0.39, 0.29) is 0 Å². The van der Waals surface area contributed by atoms with Crippen LogP contribution >= 0.6 is 0 Å². The van der Waals surface area contributed by atoms with E-state index in [1.165, 1.54) is 16.8 Å². The number of nitrogens with zero attached hydrogens (tertiary/aromatic N) is 5. The Kier molecular flexibility index (Phi) is 4.85. The molecule has 2 aromatic rings. The Morgan fingerprint density at radius 2 is 2.04 bits per heavy atom. The van der Waals surface area contributed by atoms with Gasteiger partial charge in [0.25, 0.3) is 0 Å². The minimum absolute atomic E-state index is 0.770. The van der Waals surface area contributed by atoms with Crippen molar-refractivity contribution in [3.63, 3.8) is 0 Å². The Morgan fingerprint density at radius 1 is 1.15 bits per heavy atom. The Bertz CT molecular complexity index is 882. The summed E-state index contributed by atoms with van der Waals surface area (Å²) in [7, 11) is 1.97. The van der Waals surface area contributed by atoms with Gasteiger partial charge < -0.3 is 9.47 Å². The molecule has 0 atom stereocenters. The SMILES string of the molecule is Cn1ccnc1C#CCN1CCC2=C(CN(Cc3ccccc3)C=N2)C1. The molecule has 2 aliphatic heterocycles. The molecule has 2 aliphatic rings. The van der Waals surface area contributed by atoms with Crippen LogP contribution < -0.4 is 0 Å². The predicted octanol–water partition coefficient (Wildman–Crippen LogP) is 2.28. The van der Waals surface area contributed by atoms with Gasteiger partial charge in [0.05, 0.1) is 12.9 Å². The highest BCUT2D eigenvalue weighted by Gasteiger charge is 2.22. The number of aromatic nitrogens is 2. The van der Waals surface area contributed by atoms with Gasteiger partial charge in [0.2, 0.25) is 0 Å². The van der Waals surface area contributed by atoms with Crippen molar-refractivity contribution in [2.24, 2.45) is 12.0 Å². The molecule has 0 amide bonds. The molecule has 26 heavy (non-hydrogen) atoms. The van der Waals surface area contributed by atoms with E-state index < -0.39 is 0 Å². The summed E-state index contributed by atoms with van der Waals surface area (Å²) in [5.74, 6) is 7.24. The molecule has 1 aromatic carbocycles. The zero-order valence-electron chi connectivity index (χ0n) is 15.1. The van der Waals surface area contributed by atoms with Gasteiger partial charge in [-0.2, -0.15) is 0 Å². The summed E-state index contributed by atoms with van der Waals surface area (Å²) in [5, 5.41) is 0. The number of hydrogen-bond donors (Lipinski definition) is 0. The van der Waals surface area contributed by atoms with Crippen molar-refractivity contribution in [2.75, 3.05) is 26.2 Å².